The summed E-state index contributed by atoms with van der Waals surface area (Å²) < 4.78 is 12.2. The zero-order chi connectivity index (χ0) is 23.4. The van der Waals surface area contributed by atoms with Crippen molar-refractivity contribution in [2.45, 2.75) is 38.8 Å². The number of carbonyl (C=O) groups is 1. The molecule has 0 fully saturated rings. The number of nitrogens with one attached hydrogen (secondary N) is 2. The Morgan fingerprint density at radius 2 is 1.88 bits per heavy atom. The van der Waals surface area contributed by atoms with Gasteiger partial charge >= 0.3 is 0 Å². The lowest BCUT2D eigenvalue weighted by atomic mass is 10.1. The number of ether oxygens (including phenoxy) is 2. The van der Waals surface area contributed by atoms with Crippen molar-refractivity contribution in [1.29, 1.82) is 0 Å². The maximum atomic E-state index is 13.0. The summed E-state index contributed by atoms with van der Waals surface area (Å²) in [6.45, 7) is 2.24. The molecule has 8 heteroatoms. The predicted molar refractivity (Wildman–Crippen MR) is 128 cm³/mol. The van der Waals surface area contributed by atoms with E-state index < -0.39 is 0 Å². The molecule has 2 heterocycles. The molecule has 4 aromatic rings. The molecule has 0 radical (unpaired) electrons. The number of hydrogen-bond donors (Lipinski definition) is 2. The summed E-state index contributed by atoms with van der Waals surface area (Å²) in [6, 6.07) is 13.8. The number of aryl methyl sites for hydroxylation is 2. The van der Waals surface area contributed by atoms with Crippen LogP contribution in [0.2, 0.25) is 0 Å². The van der Waals surface area contributed by atoms with E-state index in [0.717, 1.165) is 23.7 Å². The smallest absolute Gasteiger partial charge is 0.277 e. The van der Waals surface area contributed by atoms with E-state index in [1.165, 1.54) is 16.5 Å². The zero-order valence-electron chi connectivity index (χ0n) is 19.1. The molecule has 4 rings (SSSR count). The maximum Gasteiger partial charge on any atom is 0.277 e. The van der Waals surface area contributed by atoms with Crippen LogP contribution in [0.15, 0.2) is 53.6 Å². The van der Waals surface area contributed by atoms with Crippen LogP contribution in [0, 0.1) is 0 Å². The molecule has 0 spiro atoms. The van der Waals surface area contributed by atoms with Crippen molar-refractivity contribution in [2.75, 3.05) is 14.2 Å². The van der Waals surface area contributed by atoms with Crippen molar-refractivity contribution in [3.05, 3.63) is 64.7 Å². The summed E-state index contributed by atoms with van der Waals surface area (Å²) in [5.74, 6) is 1.04. The number of aromatic amines is 1. The fourth-order valence-electron chi connectivity index (χ4n) is 3.95. The Kier molecular flexibility index (Phi) is 6.63. The van der Waals surface area contributed by atoms with Gasteiger partial charge in [-0.2, -0.15) is 0 Å². The highest BCUT2D eigenvalue weighted by molar-refractivity contribution is 6.05. The van der Waals surface area contributed by atoms with Gasteiger partial charge in [0.2, 0.25) is 5.91 Å². The van der Waals surface area contributed by atoms with Crippen LogP contribution >= 0.6 is 0 Å². The lowest BCUT2D eigenvalue weighted by Crippen LogP contribution is -2.34. The SMILES string of the molecule is COc1cc2[nH]c3c(=O)n(CCC(=O)NC(C)CCc4ccccc4)cnc3c2cc1OC. The summed E-state index contributed by atoms with van der Waals surface area (Å²) >= 11 is 0. The van der Waals surface area contributed by atoms with Crippen molar-refractivity contribution in [2.24, 2.45) is 0 Å². The van der Waals surface area contributed by atoms with E-state index in [1.807, 2.05) is 25.1 Å². The highest BCUT2D eigenvalue weighted by atomic mass is 16.5. The second-order valence-corrected chi connectivity index (χ2v) is 8.09. The molecule has 2 N–H and O–H groups in total. The van der Waals surface area contributed by atoms with Crippen LogP contribution in [0.3, 0.4) is 0 Å². The van der Waals surface area contributed by atoms with Gasteiger partial charge in [-0.1, -0.05) is 30.3 Å². The van der Waals surface area contributed by atoms with Gasteiger partial charge in [-0.25, -0.2) is 4.98 Å². The molecule has 1 amide bonds. The molecule has 0 bridgehead atoms. The average molecular weight is 449 g/mol. The number of fused-ring (bicyclic) bond motifs is 3. The van der Waals surface area contributed by atoms with Crippen molar-refractivity contribution < 1.29 is 14.3 Å². The topological polar surface area (TPSA) is 98.2 Å². The van der Waals surface area contributed by atoms with Gasteiger partial charge in [-0.3, -0.25) is 14.2 Å². The normalized spacial score (nSPS) is 12.1. The summed E-state index contributed by atoms with van der Waals surface area (Å²) in [5, 5.41) is 3.79. The van der Waals surface area contributed by atoms with Gasteiger partial charge in [-0.05, 0) is 31.4 Å². The third-order valence-corrected chi connectivity index (χ3v) is 5.77. The van der Waals surface area contributed by atoms with Gasteiger partial charge in [0.25, 0.3) is 5.56 Å². The molecular formula is C25H28N4O4. The quantitative estimate of drug-likeness (QED) is 0.409. The Hall–Kier alpha value is -3.81. The predicted octanol–water partition coefficient (Wildman–Crippen LogP) is 3.42. The van der Waals surface area contributed by atoms with Crippen LogP contribution in [0.4, 0.5) is 0 Å². The highest BCUT2D eigenvalue weighted by Crippen LogP contribution is 2.34. The van der Waals surface area contributed by atoms with Crippen LogP contribution in [-0.2, 0) is 17.8 Å². The van der Waals surface area contributed by atoms with E-state index in [0.29, 0.717) is 22.5 Å². The van der Waals surface area contributed by atoms with E-state index >= 15 is 0 Å². The molecule has 0 aliphatic rings. The molecule has 0 aliphatic carbocycles. The molecule has 1 unspecified atom stereocenters. The van der Waals surface area contributed by atoms with E-state index in [-0.39, 0.29) is 30.5 Å². The Morgan fingerprint density at radius 1 is 1.15 bits per heavy atom. The minimum Gasteiger partial charge on any atom is -0.493 e. The van der Waals surface area contributed by atoms with E-state index in [2.05, 4.69) is 27.4 Å². The first-order valence-electron chi connectivity index (χ1n) is 11.0. The molecule has 0 aliphatic heterocycles. The lowest BCUT2D eigenvalue weighted by Gasteiger charge is -2.14. The van der Waals surface area contributed by atoms with Gasteiger partial charge < -0.3 is 19.8 Å². The van der Waals surface area contributed by atoms with Crippen LogP contribution in [0.1, 0.15) is 25.3 Å². The van der Waals surface area contributed by atoms with Gasteiger partial charge in [-0.15, -0.1) is 0 Å². The number of H-pyrrole nitrogens is 1. The minimum atomic E-state index is -0.223. The Labute approximate surface area is 191 Å². The van der Waals surface area contributed by atoms with E-state index in [1.54, 1.807) is 26.4 Å². The monoisotopic (exact) mass is 448 g/mol. The van der Waals surface area contributed by atoms with Crippen molar-refractivity contribution >= 4 is 27.8 Å². The molecule has 172 valence electrons. The number of rotatable bonds is 9. The van der Waals surface area contributed by atoms with Gasteiger partial charge in [0.15, 0.2) is 11.5 Å². The second kappa shape index (κ2) is 9.77. The zero-order valence-corrected chi connectivity index (χ0v) is 19.1. The number of carbonyl (C=O) groups excluding carboxylic acids is 1. The molecule has 33 heavy (non-hydrogen) atoms. The average Bonchev–Trinajstić information content (AvgIpc) is 3.20. The summed E-state index contributed by atoms with van der Waals surface area (Å²) in [4.78, 5) is 33.0. The first-order chi connectivity index (χ1) is 16.0. The molecule has 2 aromatic carbocycles. The number of methoxy groups -OCH3 is 2. The van der Waals surface area contributed by atoms with E-state index in [4.69, 9.17) is 9.47 Å². The molecule has 2 aromatic heterocycles. The number of amides is 1. The molecule has 1 atom stereocenters. The Bertz CT molecular complexity index is 1330. The fourth-order valence-corrected chi connectivity index (χ4v) is 3.95. The van der Waals surface area contributed by atoms with Crippen LogP contribution in [-0.4, -0.2) is 40.7 Å². The number of nitrogens with zero attached hydrogens (tertiary/aromatic N) is 2. The van der Waals surface area contributed by atoms with Gasteiger partial charge in [0.05, 0.1) is 26.1 Å². The maximum absolute atomic E-state index is 13.0. The van der Waals surface area contributed by atoms with Gasteiger partial charge in [0, 0.05) is 30.5 Å². The minimum absolute atomic E-state index is 0.0497. The lowest BCUT2D eigenvalue weighted by molar-refractivity contribution is -0.121. The van der Waals surface area contributed by atoms with E-state index in [9.17, 15) is 9.59 Å². The van der Waals surface area contributed by atoms with Crippen LogP contribution in [0.5, 0.6) is 11.5 Å². The standard InChI is InChI=1S/C25H28N4O4/c1-16(9-10-17-7-5-4-6-8-17)27-22(30)11-12-29-15-26-23-18-13-20(32-2)21(33-3)14-19(18)28-24(23)25(29)31/h4-8,13-16,28H,9-12H2,1-3H3,(H,27,30). The molecule has 0 saturated heterocycles. The largest absolute Gasteiger partial charge is 0.493 e. The summed E-state index contributed by atoms with van der Waals surface area (Å²) in [6.07, 6.45) is 3.44. The third kappa shape index (κ3) is 4.84. The first-order valence-corrected chi connectivity index (χ1v) is 11.0. The third-order valence-electron chi connectivity index (χ3n) is 5.77. The fraction of sp³-hybridized carbons (Fsp3) is 0.320. The second-order valence-electron chi connectivity index (χ2n) is 8.09. The first kappa shape index (κ1) is 22.4. The molecule has 0 saturated carbocycles. The van der Waals surface area contributed by atoms with Crippen LogP contribution in [0.25, 0.3) is 21.9 Å². The van der Waals surface area contributed by atoms with Crippen LogP contribution < -0.4 is 20.3 Å². The Morgan fingerprint density at radius 3 is 2.61 bits per heavy atom. The molecule has 8 nitrogen and oxygen atoms in total. The van der Waals surface area contributed by atoms with Crippen molar-refractivity contribution in [3.63, 3.8) is 0 Å². The van der Waals surface area contributed by atoms with Crippen molar-refractivity contribution in [3.8, 4) is 11.5 Å². The Balaban J connectivity index is 1.43. The van der Waals surface area contributed by atoms with Crippen molar-refractivity contribution in [1.82, 2.24) is 19.9 Å². The number of hydrogen-bond acceptors (Lipinski definition) is 5. The number of benzene rings is 2. The van der Waals surface area contributed by atoms with Gasteiger partial charge in [0.1, 0.15) is 11.0 Å². The highest BCUT2D eigenvalue weighted by Gasteiger charge is 2.15. The summed E-state index contributed by atoms with van der Waals surface area (Å²) in [7, 11) is 3.12. The number of aromatic nitrogens is 3. The molecular weight excluding hydrogens is 420 g/mol. The summed E-state index contributed by atoms with van der Waals surface area (Å²) in [5.41, 5.74) is 2.71.